The first-order valence-corrected chi connectivity index (χ1v) is 4.93. The molecule has 0 aliphatic carbocycles. The highest BCUT2D eigenvalue weighted by atomic mass is 16.5. The van der Waals surface area contributed by atoms with Gasteiger partial charge in [0.15, 0.2) is 0 Å². The summed E-state index contributed by atoms with van der Waals surface area (Å²) in [6.07, 6.45) is 1.15. The van der Waals surface area contributed by atoms with Crippen molar-refractivity contribution in [2.45, 2.75) is 27.2 Å². The molecule has 0 heterocycles. The topological polar surface area (TPSA) is 29.5 Å². The normalized spacial score (nSPS) is 13.0. The van der Waals surface area contributed by atoms with E-state index in [0.717, 1.165) is 19.5 Å². The Morgan fingerprint density at radius 3 is 2.46 bits per heavy atom. The van der Waals surface area contributed by atoms with Crippen LogP contribution in [0.3, 0.4) is 0 Å². The van der Waals surface area contributed by atoms with Gasteiger partial charge in [-0.2, -0.15) is 0 Å². The molecule has 1 atom stereocenters. The molecular weight excluding hydrogens is 166 g/mol. The van der Waals surface area contributed by atoms with Gasteiger partial charge < -0.3 is 4.74 Å². The van der Waals surface area contributed by atoms with E-state index in [1.165, 1.54) is 7.11 Å². The number of carbonyl (C=O) groups excluding carboxylic acids is 1. The van der Waals surface area contributed by atoms with Crippen LogP contribution in [0, 0.1) is 5.92 Å². The molecule has 0 aromatic rings. The van der Waals surface area contributed by atoms with Gasteiger partial charge in [-0.1, -0.05) is 27.2 Å². The van der Waals surface area contributed by atoms with Crippen molar-refractivity contribution in [2.24, 2.45) is 5.92 Å². The smallest absolute Gasteiger partial charge is 0.319 e. The molecule has 0 saturated heterocycles. The number of likely N-dealkylation sites (N-methyl/N-ethyl adjacent to an activating group) is 1. The van der Waals surface area contributed by atoms with E-state index in [4.69, 9.17) is 0 Å². The number of esters is 1. The fourth-order valence-electron chi connectivity index (χ4n) is 1.12. The van der Waals surface area contributed by atoms with Crippen molar-refractivity contribution >= 4 is 5.97 Å². The Bertz CT molecular complexity index is 148. The molecule has 3 heteroatoms. The van der Waals surface area contributed by atoms with Crippen LogP contribution < -0.4 is 0 Å². The van der Waals surface area contributed by atoms with E-state index in [2.05, 4.69) is 30.4 Å². The molecule has 0 aliphatic heterocycles. The van der Waals surface area contributed by atoms with Crippen LogP contribution in [-0.2, 0) is 9.53 Å². The summed E-state index contributed by atoms with van der Waals surface area (Å²) < 4.78 is 4.62. The number of hydrogen-bond donors (Lipinski definition) is 0. The molecule has 0 radical (unpaired) electrons. The lowest BCUT2D eigenvalue weighted by Gasteiger charge is -2.22. The maximum atomic E-state index is 11.0. The fraction of sp³-hybridized carbons (Fsp3) is 0.900. The van der Waals surface area contributed by atoms with E-state index in [1.807, 2.05) is 0 Å². The Morgan fingerprint density at radius 1 is 1.46 bits per heavy atom. The molecule has 3 nitrogen and oxygen atoms in total. The third-order valence-corrected chi connectivity index (χ3v) is 2.29. The van der Waals surface area contributed by atoms with Gasteiger partial charge >= 0.3 is 5.97 Å². The van der Waals surface area contributed by atoms with Crippen molar-refractivity contribution in [3.63, 3.8) is 0 Å². The monoisotopic (exact) mass is 187 g/mol. The summed E-state index contributed by atoms with van der Waals surface area (Å²) in [6.45, 7) is 8.71. The number of carbonyl (C=O) groups is 1. The molecule has 0 rings (SSSR count). The summed E-state index contributed by atoms with van der Waals surface area (Å²) in [5, 5.41) is 0. The minimum Gasteiger partial charge on any atom is -0.468 e. The first-order valence-electron chi connectivity index (χ1n) is 4.93. The van der Waals surface area contributed by atoms with Crippen molar-refractivity contribution in [3.05, 3.63) is 0 Å². The van der Waals surface area contributed by atoms with Crippen molar-refractivity contribution < 1.29 is 9.53 Å². The zero-order valence-electron chi connectivity index (χ0n) is 9.17. The van der Waals surface area contributed by atoms with E-state index in [9.17, 15) is 4.79 Å². The van der Waals surface area contributed by atoms with Gasteiger partial charge in [-0.05, 0) is 12.5 Å². The number of hydrogen-bond acceptors (Lipinski definition) is 3. The highest BCUT2D eigenvalue weighted by Crippen LogP contribution is 2.03. The van der Waals surface area contributed by atoms with Gasteiger partial charge in [-0.3, -0.25) is 9.69 Å². The molecule has 0 bridgehead atoms. The van der Waals surface area contributed by atoms with Crippen LogP contribution in [0.5, 0.6) is 0 Å². The predicted octanol–water partition coefficient (Wildman–Crippen LogP) is 1.53. The van der Waals surface area contributed by atoms with Gasteiger partial charge in [0.05, 0.1) is 13.7 Å². The largest absolute Gasteiger partial charge is 0.468 e. The average molecular weight is 187 g/mol. The second kappa shape index (κ2) is 6.89. The number of nitrogens with zero attached hydrogens (tertiary/aromatic N) is 1. The first kappa shape index (κ1) is 12.4. The van der Waals surface area contributed by atoms with Crippen LogP contribution in [0.2, 0.25) is 0 Å². The Balaban J connectivity index is 3.81. The minimum absolute atomic E-state index is 0.148. The van der Waals surface area contributed by atoms with Crippen LogP contribution in [0.4, 0.5) is 0 Å². The van der Waals surface area contributed by atoms with E-state index < -0.39 is 0 Å². The lowest BCUT2D eigenvalue weighted by Crippen LogP contribution is -2.33. The van der Waals surface area contributed by atoms with E-state index in [0.29, 0.717) is 12.5 Å². The van der Waals surface area contributed by atoms with Crippen molar-refractivity contribution in [1.82, 2.24) is 4.90 Å². The van der Waals surface area contributed by atoms with Crippen molar-refractivity contribution in [2.75, 3.05) is 26.7 Å². The molecule has 0 amide bonds. The third-order valence-electron chi connectivity index (χ3n) is 2.29. The van der Waals surface area contributed by atoms with Crippen LogP contribution in [0.15, 0.2) is 0 Å². The van der Waals surface area contributed by atoms with Crippen LogP contribution in [-0.4, -0.2) is 37.6 Å². The Kier molecular flexibility index (Phi) is 6.59. The molecule has 0 saturated carbocycles. The van der Waals surface area contributed by atoms with Crippen molar-refractivity contribution in [3.8, 4) is 0 Å². The lowest BCUT2D eigenvalue weighted by atomic mass is 10.1. The van der Waals surface area contributed by atoms with Crippen LogP contribution in [0.25, 0.3) is 0 Å². The van der Waals surface area contributed by atoms with Gasteiger partial charge in [0.25, 0.3) is 0 Å². The molecule has 0 N–H and O–H groups in total. The molecule has 0 aliphatic rings. The molecule has 0 spiro atoms. The molecular formula is C10H21NO2. The Labute approximate surface area is 81.1 Å². The van der Waals surface area contributed by atoms with Gasteiger partial charge in [0.2, 0.25) is 0 Å². The van der Waals surface area contributed by atoms with E-state index in [-0.39, 0.29) is 5.97 Å². The van der Waals surface area contributed by atoms with E-state index in [1.54, 1.807) is 0 Å². The van der Waals surface area contributed by atoms with Crippen LogP contribution >= 0.6 is 0 Å². The number of methoxy groups -OCH3 is 1. The third kappa shape index (κ3) is 5.64. The first-order chi connectivity index (χ1) is 6.13. The highest BCUT2D eigenvalue weighted by molar-refractivity contribution is 5.71. The maximum Gasteiger partial charge on any atom is 0.319 e. The molecule has 0 aromatic carbocycles. The summed E-state index contributed by atoms with van der Waals surface area (Å²) >= 11 is 0. The SMILES string of the molecule is CCC(C)CN(CC)CC(=O)OC. The minimum atomic E-state index is -0.148. The van der Waals surface area contributed by atoms with Crippen molar-refractivity contribution in [1.29, 1.82) is 0 Å². The van der Waals surface area contributed by atoms with Crippen LogP contribution in [0.1, 0.15) is 27.2 Å². The molecule has 13 heavy (non-hydrogen) atoms. The quantitative estimate of drug-likeness (QED) is 0.591. The highest BCUT2D eigenvalue weighted by Gasteiger charge is 2.11. The predicted molar refractivity (Wildman–Crippen MR) is 53.6 cm³/mol. The summed E-state index contributed by atoms with van der Waals surface area (Å²) in [5.41, 5.74) is 0. The van der Waals surface area contributed by atoms with Gasteiger partial charge in [-0.25, -0.2) is 0 Å². The molecule has 0 fully saturated rings. The van der Waals surface area contributed by atoms with Gasteiger partial charge in [-0.15, -0.1) is 0 Å². The summed E-state index contributed by atoms with van der Waals surface area (Å²) in [4.78, 5) is 13.1. The zero-order chi connectivity index (χ0) is 10.3. The van der Waals surface area contributed by atoms with E-state index >= 15 is 0 Å². The fourth-order valence-corrected chi connectivity index (χ4v) is 1.12. The Morgan fingerprint density at radius 2 is 2.08 bits per heavy atom. The average Bonchev–Trinajstić information content (AvgIpc) is 2.16. The second-order valence-electron chi connectivity index (χ2n) is 3.42. The van der Waals surface area contributed by atoms with Gasteiger partial charge in [0.1, 0.15) is 0 Å². The maximum absolute atomic E-state index is 11.0. The number of ether oxygens (including phenoxy) is 1. The molecule has 1 unspecified atom stereocenters. The standard InChI is InChI=1S/C10H21NO2/c1-5-9(3)7-11(6-2)8-10(12)13-4/h9H,5-8H2,1-4H3. The lowest BCUT2D eigenvalue weighted by molar-refractivity contribution is -0.142. The molecule has 78 valence electrons. The summed E-state index contributed by atoms with van der Waals surface area (Å²) in [7, 11) is 1.43. The number of rotatable bonds is 6. The molecule has 0 aromatic heterocycles. The Hall–Kier alpha value is -0.570. The summed E-state index contributed by atoms with van der Waals surface area (Å²) in [6, 6.07) is 0. The zero-order valence-corrected chi connectivity index (χ0v) is 9.17. The van der Waals surface area contributed by atoms with Gasteiger partial charge in [0, 0.05) is 6.54 Å². The second-order valence-corrected chi connectivity index (χ2v) is 3.42. The summed E-state index contributed by atoms with van der Waals surface area (Å²) in [5.74, 6) is 0.495.